The Bertz CT molecular complexity index is 1560. The lowest BCUT2D eigenvalue weighted by molar-refractivity contribution is 0.185. The molecule has 2 aromatic carbocycles. The number of halogens is 1. The molecule has 4 aromatic rings. The highest BCUT2D eigenvalue weighted by Gasteiger charge is 2.48. The zero-order chi connectivity index (χ0) is 25.9. The third kappa shape index (κ3) is 3.82. The van der Waals surface area contributed by atoms with Crippen LogP contribution in [0, 0.1) is 18.7 Å². The van der Waals surface area contributed by atoms with Crippen molar-refractivity contribution < 1.29 is 8.81 Å². The second kappa shape index (κ2) is 8.62. The molecule has 2 aliphatic rings. The molecule has 6 rings (SSSR count). The minimum absolute atomic E-state index is 0.0416. The van der Waals surface area contributed by atoms with Crippen LogP contribution >= 0.6 is 0 Å². The first-order valence-corrected chi connectivity index (χ1v) is 13.1. The molecular formula is C30H33FN4O2. The van der Waals surface area contributed by atoms with Gasteiger partial charge < -0.3 is 14.3 Å². The first-order valence-electron chi connectivity index (χ1n) is 13.1. The maximum Gasteiger partial charge on any atom is 0.200 e. The fourth-order valence-corrected chi connectivity index (χ4v) is 6.38. The summed E-state index contributed by atoms with van der Waals surface area (Å²) in [6.07, 6.45) is 8.51. The minimum atomic E-state index is -0.314. The molecule has 2 heterocycles. The van der Waals surface area contributed by atoms with Gasteiger partial charge in [0.2, 0.25) is 5.43 Å². The Morgan fingerprint density at radius 3 is 2.68 bits per heavy atom. The number of hydrogen-bond donors (Lipinski definition) is 1. The molecule has 37 heavy (non-hydrogen) atoms. The fraction of sp³-hybridized carbons (Fsp3) is 0.433. The molecule has 2 fully saturated rings. The van der Waals surface area contributed by atoms with Crippen molar-refractivity contribution in [3.05, 3.63) is 81.5 Å². The molecular weight excluding hydrogens is 467 g/mol. The molecule has 2 aliphatic carbocycles. The van der Waals surface area contributed by atoms with Gasteiger partial charge in [-0.15, -0.1) is 10.2 Å². The van der Waals surface area contributed by atoms with Gasteiger partial charge in [0.25, 0.3) is 0 Å². The highest BCUT2D eigenvalue weighted by Crippen LogP contribution is 2.51. The Morgan fingerprint density at radius 1 is 1.24 bits per heavy atom. The average molecular weight is 501 g/mol. The molecule has 2 aromatic heterocycles. The molecule has 2 saturated carbocycles. The van der Waals surface area contributed by atoms with Crippen LogP contribution < -0.4 is 10.7 Å². The van der Waals surface area contributed by atoms with Gasteiger partial charge >= 0.3 is 0 Å². The van der Waals surface area contributed by atoms with Gasteiger partial charge in [0, 0.05) is 30.3 Å². The predicted octanol–water partition coefficient (Wildman–Crippen LogP) is 5.78. The van der Waals surface area contributed by atoms with Crippen LogP contribution in [-0.4, -0.2) is 20.3 Å². The number of benzene rings is 2. The number of aromatic nitrogens is 3. The number of hydrogen-bond acceptors (Lipinski definition) is 5. The number of nitrogens with zero attached hydrogens (tertiary/aromatic N) is 3. The van der Waals surface area contributed by atoms with E-state index in [1.807, 2.05) is 23.7 Å². The normalized spacial score (nSPS) is 22.6. The molecule has 1 N–H and O–H groups in total. The Morgan fingerprint density at radius 2 is 2.03 bits per heavy atom. The van der Waals surface area contributed by atoms with E-state index in [1.54, 1.807) is 19.3 Å². The van der Waals surface area contributed by atoms with E-state index in [0.717, 1.165) is 42.6 Å². The SMILES string of the molecule is Cc1c(F)c(CNC2(C)CCC2)cc2c(=O)c(-c3cccc(C4(c5nncn5C)CC(C)C4)c3)coc12. The molecule has 192 valence electrons. The number of aryl methyl sites for hydroxylation is 2. The molecule has 0 atom stereocenters. The Kier molecular flexibility index (Phi) is 5.60. The fourth-order valence-electron chi connectivity index (χ4n) is 6.38. The summed E-state index contributed by atoms with van der Waals surface area (Å²) in [4.78, 5) is 13.8. The van der Waals surface area contributed by atoms with E-state index in [0.29, 0.717) is 40.1 Å². The maximum atomic E-state index is 15.2. The highest BCUT2D eigenvalue weighted by molar-refractivity contribution is 5.85. The highest BCUT2D eigenvalue weighted by atomic mass is 19.1. The van der Waals surface area contributed by atoms with Crippen molar-refractivity contribution in [2.75, 3.05) is 0 Å². The topological polar surface area (TPSA) is 73.0 Å². The van der Waals surface area contributed by atoms with Gasteiger partial charge in [-0.05, 0) is 75.1 Å². The van der Waals surface area contributed by atoms with Crippen LogP contribution in [0.25, 0.3) is 22.1 Å². The van der Waals surface area contributed by atoms with Gasteiger partial charge in [0.15, 0.2) is 0 Å². The summed E-state index contributed by atoms with van der Waals surface area (Å²) in [6, 6.07) is 9.77. The van der Waals surface area contributed by atoms with Crippen LogP contribution in [0.2, 0.25) is 0 Å². The van der Waals surface area contributed by atoms with Crippen molar-refractivity contribution in [3.63, 3.8) is 0 Å². The second-order valence-corrected chi connectivity index (χ2v) is 11.5. The van der Waals surface area contributed by atoms with Gasteiger partial charge in [-0.3, -0.25) is 4.79 Å². The Hall–Kier alpha value is -3.32. The maximum absolute atomic E-state index is 15.2. The van der Waals surface area contributed by atoms with Crippen LogP contribution in [0.15, 0.2) is 52.1 Å². The van der Waals surface area contributed by atoms with Crippen LogP contribution in [0.1, 0.15) is 68.5 Å². The first kappa shape index (κ1) is 24.0. The van der Waals surface area contributed by atoms with Crippen LogP contribution in [0.3, 0.4) is 0 Å². The number of nitrogens with one attached hydrogen (secondary N) is 1. The molecule has 0 spiro atoms. The van der Waals surface area contributed by atoms with Crippen molar-refractivity contribution in [1.29, 1.82) is 0 Å². The molecule has 0 aliphatic heterocycles. The molecule has 0 unspecified atom stereocenters. The van der Waals surface area contributed by atoms with Crippen molar-refractivity contribution in [3.8, 4) is 11.1 Å². The third-order valence-electron chi connectivity index (χ3n) is 8.72. The van der Waals surface area contributed by atoms with E-state index in [4.69, 9.17) is 4.42 Å². The number of rotatable bonds is 6. The lowest BCUT2D eigenvalue weighted by atomic mass is 9.58. The van der Waals surface area contributed by atoms with Crippen molar-refractivity contribution in [1.82, 2.24) is 20.1 Å². The lowest BCUT2D eigenvalue weighted by Gasteiger charge is -2.46. The lowest BCUT2D eigenvalue weighted by Crippen LogP contribution is -2.47. The third-order valence-corrected chi connectivity index (χ3v) is 8.72. The van der Waals surface area contributed by atoms with E-state index in [-0.39, 0.29) is 22.2 Å². The quantitative estimate of drug-likeness (QED) is 0.363. The van der Waals surface area contributed by atoms with E-state index in [9.17, 15) is 4.79 Å². The van der Waals surface area contributed by atoms with E-state index in [2.05, 4.69) is 41.5 Å². The zero-order valence-corrected chi connectivity index (χ0v) is 21.9. The summed E-state index contributed by atoms with van der Waals surface area (Å²) in [5, 5.41) is 12.5. The largest absolute Gasteiger partial charge is 0.463 e. The molecule has 6 nitrogen and oxygen atoms in total. The van der Waals surface area contributed by atoms with Gasteiger partial charge in [0.1, 0.15) is 29.8 Å². The Labute approximate surface area is 215 Å². The van der Waals surface area contributed by atoms with E-state index < -0.39 is 0 Å². The summed E-state index contributed by atoms with van der Waals surface area (Å²) >= 11 is 0. The van der Waals surface area contributed by atoms with Crippen LogP contribution in [-0.2, 0) is 19.0 Å². The molecule has 7 heteroatoms. The molecule has 0 radical (unpaired) electrons. The molecule has 0 amide bonds. The summed E-state index contributed by atoms with van der Waals surface area (Å²) in [5.41, 5.74) is 3.23. The minimum Gasteiger partial charge on any atom is -0.463 e. The summed E-state index contributed by atoms with van der Waals surface area (Å²) in [6.45, 7) is 6.47. The van der Waals surface area contributed by atoms with Crippen LogP contribution in [0.4, 0.5) is 4.39 Å². The Balaban J connectivity index is 1.42. The second-order valence-electron chi connectivity index (χ2n) is 11.5. The van der Waals surface area contributed by atoms with Gasteiger partial charge in [-0.1, -0.05) is 25.1 Å². The standard InChI is InChI=1S/C30H33FN4O2/c1-18-13-30(14-18,28-34-33-17-35(28)4)22-8-5-7-20(11-22)24-16-37-27-19(2)25(31)21(12-23(27)26(24)36)15-32-29(3)9-6-10-29/h5,7-8,11-12,16-18,32H,6,9-10,13-15H2,1-4H3. The monoisotopic (exact) mass is 500 g/mol. The van der Waals surface area contributed by atoms with Crippen molar-refractivity contribution in [2.45, 2.75) is 70.4 Å². The van der Waals surface area contributed by atoms with Gasteiger partial charge in [-0.25, -0.2) is 4.39 Å². The van der Waals surface area contributed by atoms with Crippen molar-refractivity contribution in [2.24, 2.45) is 13.0 Å². The average Bonchev–Trinajstić information content (AvgIpc) is 3.28. The first-order chi connectivity index (χ1) is 17.7. The van der Waals surface area contributed by atoms with E-state index >= 15 is 4.39 Å². The smallest absolute Gasteiger partial charge is 0.200 e. The predicted molar refractivity (Wildman–Crippen MR) is 142 cm³/mol. The number of fused-ring (bicyclic) bond motifs is 1. The zero-order valence-electron chi connectivity index (χ0n) is 21.9. The van der Waals surface area contributed by atoms with Crippen LogP contribution in [0.5, 0.6) is 0 Å². The molecule has 0 bridgehead atoms. The summed E-state index contributed by atoms with van der Waals surface area (Å²) < 4.78 is 23.1. The van der Waals surface area contributed by atoms with E-state index in [1.165, 1.54) is 12.7 Å². The summed E-state index contributed by atoms with van der Waals surface area (Å²) in [5.74, 6) is 1.21. The summed E-state index contributed by atoms with van der Waals surface area (Å²) in [7, 11) is 1.97. The van der Waals surface area contributed by atoms with Gasteiger partial charge in [0.05, 0.1) is 16.4 Å². The molecule has 0 saturated heterocycles. The van der Waals surface area contributed by atoms with Crippen molar-refractivity contribution >= 4 is 11.0 Å². The van der Waals surface area contributed by atoms with Gasteiger partial charge in [-0.2, -0.15) is 0 Å².